The fourth-order valence-corrected chi connectivity index (χ4v) is 2.53. The van der Waals surface area contributed by atoms with Crippen molar-refractivity contribution in [2.75, 3.05) is 7.11 Å². The van der Waals surface area contributed by atoms with Crippen LogP contribution in [-0.2, 0) is 14.3 Å². The normalized spacial score (nSPS) is 18.2. The van der Waals surface area contributed by atoms with Crippen molar-refractivity contribution in [1.82, 2.24) is 5.32 Å². The van der Waals surface area contributed by atoms with Crippen molar-refractivity contribution in [1.29, 1.82) is 0 Å². The summed E-state index contributed by atoms with van der Waals surface area (Å²) in [7, 11) is 1.21. The lowest BCUT2D eigenvalue weighted by Gasteiger charge is -1.97. The Balaban J connectivity index is 2.10. The minimum Gasteiger partial charge on any atom is -0.466 e. The molecule has 0 aliphatic carbocycles. The highest BCUT2D eigenvalue weighted by Crippen LogP contribution is 2.23. The molecule has 0 radical (unpaired) electrons. The smallest absolute Gasteiger partial charge is 0.331 e. The molecule has 22 heavy (non-hydrogen) atoms. The molecule has 9 heteroatoms. The van der Waals surface area contributed by atoms with Crippen LogP contribution in [0.1, 0.15) is 5.56 Å². The van der Waals surface area contributed by atoms with E-state index in [1.807, 2.05) is 0 Å². The van der Waals surface area contributed by atoms with E-state index in [0.29, 0.717) is 4.47 Å². The molecule has 114 valence electrons. The van der Waals surface area contributed by atoms with Gasteiger partial charge in [0, 0.05) is 11.6 Å². The number of benzene rings is 1. The Morgan fingerprint density at radius 1 is 1.50 bits per heavy atom. The van der Waals surface area contributed by atoms with Gasteiger partial charge in [-0.25, -0.2) is 9.18 Å². The van der Waals surface area contributed by atoms with Crippen LogP contribution in [0.4, 0.5) is 4.39 Å². The van der Waals surface area contributed by atoms with E-state index < -0.39 is 17.7 Å². The number of nitrogens with zero attached hydrogens (tertiary/aromatic N) is 2. The molecule has 0 atom stereocenters. The number of esters is 1. The number of methoxy groups -OCH3 is 1. The SMILES string of the molecule is COC(=O)/C=C1/S/C(=N\N=Cc2cccc(Br)c2F)NC1=O. The summed E-state index contributed by atoms with van der Waals surface area (Å²) in [5.74, 6) is -1.57. The van der Waals surface area contributed by atoms with Crippen LogP contribution in [0.3, 0.4) is 0 Å². The fourth-order valence-electron chi connectivity index (χ4n) is 1.40. The van der Waals surface area contributed by atoms with Crippen LogP contribution < -0.4 is 5.32 Å². The molecule has 1 N–H and O–H groups in total. The molecule has 6 nitrogen and oxygen atoms in total. The lowest BCUT2D eigenvalue weighted by atomic mass is 10.2. The third-order valence-electron chi connectivity index (χ3n) is 2.43. The average molecular weight is 386 g/mol. The maximum absolute atomic E-state index is 13.7. The van der Waals surface area contributed by atoms with E-state index in [0.717, 1.165) is 17.8 Å². The number of thioether (sulfide) groups is 1. The van der Waals surface area contributed by atoms with Gasteiger partial charge in [0.1, 0.15) is 5.82 Å². The van der Waals surface area contributed by atoms with E-state index in [2.05, 4.69) is 36.2 Å². The lowest BCUT2D eigenvalue weighted by molar-refractivity contribution is -0.135. The van der Waals surface area contributed by atoms with Crippen molar-refractivity contribution < 1.29 is 18.7 Å². The highest BCUT2D eigenvalue weighted by atomic mass is 79.9. The third kappa shape index (κ3) is 4.01. The number of nitrogens with one attached hydrogen (secondary N) is 1. The summed E-state index contributed by atoms with van der Waals surface area (Å²) >= 11 is 4.00. The first-order valence-corrected chi connectivity index (χ1v) is 7.46. The Labute approximate surface area is 137 Å². The zero-order valence-corrected chi connectivity index (χ0v) is 13.6. The van der Waals surface area contributed by atoms with Gasteiger partial charge >= 0.3 is 5.97 Å². The van der Waals surface area contributed by atoms with Crippen molar-refractivity contribution in [2.45, 2.75) is 0 Å². The van der Waals surface area contributed by atoms with E-state index in [1.165, 1.54) is 19.4 Å². The van der Waals surface area contributed by atoms with E-state index in [-0.39, 0.29) is 15.6 Å². The predicted molar refractivity (Wildman–Crippen MR) is 85.0 cm³/mol. The molecule has 1 aliphatic heterocycles. The lowest BCUT2D eigenvalue weighted by Crippen LogP contribution is -2.19. The first-order valence-electron chi connectivity index (χ1n) is 5.85. The maximum atomic E-state index is 13.7. The van der Waals surface area contributed by atoms with Crippen LogP contribution in [0, 0.1) is 5.82 Å². The summed E-state index contributed by atoms with van der Waals surface area (Å²) in [5, 5.41) is 10.1. The molecule has 1 fully saturated rings. The molecule has 1 amide bonds. The van der Waals surface area contributed by atoms with Crippen LogP contribution in [0.2, 0.25) is 0 Å². The van der Waals surface area contributed by atoms with Crippen LogP contribution in [0.5, 0.6) is 0 Å². The van der Waals surface area contributed by atoms with Gasteiger partial charge in [-0.2, -0.15) is 5.10 Å². The molecule has 2 rings (SSSR count). The Morgan fingerprint density at radius 3 is 3.00 bits per heavy atom. The Morgan fingerprint density at radius 2 is 2.27 bits per heavy atom. The van der Waals surface area contributed by atoms with Crippen LogP contribution in [0.25, 0.3) is 0 Å². The first kappa shape index (κ1) is 16.4. The van der Waals surface area contributed by atoms with Crippen LogP contribution in [0.15, 0.2) is 43.9 Å². The standard InChI is InChI=1S/C13H9BrFN3O3S/c1-21-10(19)5-9-12(20)17-13(22-9)18-16-6-7-3-2-4-8(14)11(7)15/h2-6H,1H3,(H,17,18,20)/b9-5+,16-6?. The van der Waals surface area contributed by atoms with Crippen molar-refractivity contribution in [3.63, 3.8) is 0 Å². The van der Waals surface area contributed by atoms with Gasteiger partial charge in [0.15, 0.2) is 5.17 Å². The Bertz CT molecular complexity index is 718. The third-order valence-corrected chi connectivity index (χ3v) is 3.94. The number of rotatable bonds is 3. The zero-order valence-electron chi connectivity index (χ0n) is 11.2. The van der Waals surface area contributed by atoms with E-state index in [4.69, 9.17) is 0 Å². The maximum Gasteiger partial charge on any atom is 0.331 e. The quantitative estimate of drug-likeness (QED) is 0.374. The number of carbonyl (C=O) groups is 2. The average Bonchev–Trinajstić information content (AvgIpc) is 2.83. The highest BCUT2D eigenvalue weighted by Gasteiger charge is 2.24. The first-order chi connectivity index (χ1) is 10.5. The Hall–Kier alpha value is -2.00. The summed E-state index contributed by atoms with van der Waals surface area (Å²) in [4.78, 5) is 22.8. The van der Waals surface area contributed by atoms with E-state index in [1.54, 1.807) is 12.1 Å². The number of hydrogen-bond donors (Lipinski definition) is 1. The monoisotopic (exact) mass is 385 g/mol. The summed E-state index contributed by atoms with van der Waals surface area (Å²) in [5.41, 5.74) is 0.248. The second-order valence-electron chi connectivity index (χ2n) is 3.88. The molecular weight excluding hydrogens is 377 g/mol. The van der Waals surface area contributed by atoms with Gasteiger partial charge < -0.3 is 4.74 Å². The van der Waals surface area contributed by atoms with Gasteiger partial charge in [-0.3, -0.25) is 10.1 Å². The molecule has 1 heterocycles. The fraction of sp³-hybridized carbons (Fsp3) is 0.0769. The summed E-state index contributed by atoms with van der Waals surface area (Å²) in [6, 6.07) is 4.76. The minimum absolute atomic E-state index is 0.148. The van der Waals surface area contributed by atoms with Crippen molar-refractivity contribution in [3.05, 3.63) is 45.0 Å². The molecule has 1 saturated heterocycles. The molecule has 0 aromatic heterocycles. The summed E-state index contributed by atoms with van der Waals surface area (Å²) in [6.07, 6.45) is 2.28. The van der Waals surface area contributed by atoms with Crippen molar-refractivity contribution >= 4 is 51.0 Å². The minimum atomic E-state index is -0.640. The number of hydrogen-bond acceptors (Lipinski definition) is 6. The van der Waals surface area contributed by atoms with Gasteiger partial charge in [-0.1, -0.05) is 12.1 Å². The van der Waals surface area contributed by atoms with Gasteiger partial charge in [-0.05, 0) is 33.8 Å². The predicted octanol–water partition coefficient (Wildman–Crippen LogP) is 2.20. The molecule has 0 spiro atoms. The molecule has 1 aliphatic rings. The topological polar surface area (TPSA) is 80.1 Å². The van der Waals surface area contributed by atoms with E-state index >= 15 is 0 Å². The number of carbonyl (C=O) groups excluding carboxylic acids is 2. The number of halogens is 2. The summed E-state index contributed by atoms with van der Waals surface area (Å²) in [6.45, 7) is 0. The largest absolute Gasteiger partial charge is 0.466 e. The van der Waals surface area contributed by atoms with Crippen molar-refractivity contribution in [3.8, 4) is 0 Å². The Kier molecular flexibility index (Phi) is 5.45. The summed E-state index contributed by atoms with van der Waals surface area (Å²) < 4.78 is 18.4. The second-order valence-corrected chi connectivity index (χ2v) is 5.77. The van der Waals surface area contributed by atoms with Gasteiger partial charge in [0.05, 0.1) is 22.7 Å². The number of amides is 1. The van der Waals surface area contributed by atoms with E-state index in [9.17, 15) is 14.0 Å². The number of ether oxygens (including phenoxy) is 1. The van der Waals surface area contributed by atoms with Gasteiger partial charge in [0.2, 0.25) is 0 Å². The zero-order chi connectivity index (χ0) is 16.1. The molecule has 1 aromatic carbocycles. The highest BCUT2D eigenvalue weighted by molar-refractivity contribution is 9.10. The number of amidine groups is 1. The molecule has 1 aromatic rings. The molecule has 0 unspecified atom stereocenters. The van der Waals surface area contributed by atoms with Gasteiger partial charge in [0.25, 0.3) is 5.91 Å². The molecule has 0 saturated carbocycles. The molecular formula is C13H9BrFN3O3S. The molecule has 0 bridgehead atoms. The van der Waals surface area contributed by atoms with Crippen LogP contribution >= 0.6 is 27.7 Å². The van der Waals surface area contributed by atoms with Crippen LogP contribution in [-0.4, -0.2) is 30.4 Å². The van der Waals surface area contributed by atoms with Crippen molar-refractivity contribution in [2.24, 2.45) is 10.2 Å². The van der Waals surface area contributed by atoms with Gasteiger partial charge in [-0.15, -0.1) is 5.10 Å². The second kappa shape index (κ2) is 7.32.